The summed E-state index contributed by atoms with van der Waals surface area (Å²) in [7, 11) is 0. The van der Waals surface area contributed by atoms with Gasteiger partial charge in [0.25, 0.3) is 0 Å². The van der Waals surface area contributed by atoms with E-state index in [4.69, 9.17) is 5.73 Å². The van der Waals surface area contributed by atoms with Crippen LogP contribution in [0.3, 0.4) is 0 Å². The molecule has 0 saturated carbocycles. The Bertz CT molecular complexity index is 706. The van der Waals surface area contributed by atoms with E-state index in [1.165, 1.54) is 22.3 Å². The number of nitrogens with one attached hydrogen (secondary N) is 1. The van der Waals surface area contributed by atoms with E-state index in [9.17, 15) is 0 Å². The van der Waals surface area contributed by atoms with Gasteiger partial charge in [0.15, 0.2) is 5.96 Å². The second-order valence-corrected chi connectivity index (χ2v) is 6.06. The molecule has 3 N–H and O–H groups in total. The van der Waals surface area contributed by atoms with Crippen molar-refractivity contribution in [1.82, 2.24) is 5.32 Å². The Morgan fingerprint density at radius 2 is 1.90 bits per heavy atom. The summed E-state index contributed by atoms with van der Waals surface area (Å²) >= 11 is 0. The van der Waals surface area contributed by atoms with Gasteiger partial charge in [0, 0.05) is 6.54 Å². The van der Waals surface area contributed by atoms with Gasteiger partial charge < -0.3 is 11.1 Å². The fraction of sp³-hybridized carbons (Fsp3) is 0.278. The van der Waals surface area contributed by atoms with Gasteiger partial charge in [-0.25, -0.2) is 4.99 Å². The number of hydrogen-bond donors (Lipinski definition) is 2. The molecule has 1 unspecified atom stereocenters. The minimum absolute atomic E-state index is 0.0214. The van der Waals surface area contributed by atoms with Crippen LogP contribution in [0.1, 0.15) is 17.5 Å². The quantitative estimate of drug-likeness (QED) is 0.841. The van der Waals surface area contributed by atoms with Crippen molar-refractivity contribution in [3.8, 4) is 11.1 Å². The van der Waals surface area contributed by atoms with Crippen LogP contribution in [-0.4, -0.2) is 18.0 Å². The summed E-state index contributed by atoms with van der Waals surface area (Å²) in [4.78, 5) is 4.66. The van der Waals surface area contributed by atoms with Gasteiger partial charge in [-0.3, -0.25) is 0 Å². The largest absolute Gasteiger partial charge is 0.370 e. The van der Waals surface area contributed by atoms with Gasteiger partial charge in [-0.1, -0.05) is 48.5 Å². The molecule has 2 aromatic carbocycles. The van der Waals surface area contributed by atoms with Crippen LogP contribution < -0.4 is 11.1 Å². The molecule has 21 heavy (non-hydrogen) atoms. The summed E-state index contributed by atoms with van der Waals surface area (Å²) in [6.45, 7) is 0.869. The van der Waals surface area contributed by atoms with Crippen molar-refractivity contribution in [3.63, 3.8) is 0 Å². The number of nitrogens with zero attached hydrogens (tertiary/aromatic N) is 1. The molecule has 3 heteroatoms. The Morgan fingerprint density at radius 3 is 2.67 bits per heavy atom. The highest BCUT2D eigenvalue weighted by molar-refractivity contribution is 5.80. The highest BCUT2D eigenvalue weighted by Gasteiger charge is 2.38. The van der Waals surface area contributed by atoms with Crippen molar-refractivity contribution in [2.45, 2.75) is 24.8 Å². The summed E-state index contributed by atoms with van der Waals surface area (Å²) in [5, 5.41) is 3.18. The number of nitrogens with two attached hydrogens (primary N) is 1. The van der Waals surface area contributed by atoms with Crippen LogP contribution in [0, 0.1) is 0 Å². The molecule has 0 radical (unpaired) electrons. The molecule has 106 valence electrons. The smallest absolute Gasteiger partial charge is 0.189 e. The minimum atomic E-state index is -0.0214. The van der Waals surface area contributed by atoms with Crippen LogP contribution in [-0.2, 0) is 12.8 Å². The molecule has 1 atom stereocenters. The van der Waals surface area contributed by atoms with Crippen molar-refractivity contribution >= 4 is 5.96 Å². The number of hydrogen-bond acceptors (Lipinski definition) is 3. The first-order chi connectivity index (χ1) is 10.3. The maximum atomic E-state index is 5.82. The Balaban J connectivity index is 1.75. The van der Waals surface area contributed by atoms with E-state index in [1.54, 1.807) is 0 Å². The predicted octanol–water partition coefficient (Wildman–Crippen LogP) is 2.50. The van der Waals surface area contributed by atoms with E-state index >= 15 is 0 Å². The van der Waals surface area contributed by atoms with Gasteiger partial charge in [0.2, 0.25) is 0 Å². The van der Waals surface area contributed by atoms with Gasteiger partial charge >= 0.3 is 0 Å². The molecule has 3 nitrogen and oxygen atoms in total. The number of guanidine groups is 1. The minimum Gasteiger partial charge on any atom is -0.370 e. The zero-order valence-corrected chi connectivity index (χ0v) is 12.0. The molecule has 0 amide bonds. The first kappa shape index (κ1) is 12.5. The third-order valence-electron chi connectivity index (χ3n) is 4.67. The number of benzene rings is 2. The van der Waals surface area contributed by atoms with Gasteiger partial charge in [-0.2, -0.15) is 0 Å². The summed E-state index contributed by atoms with van der Waals surface area (Å²) in [6, 6.07) is 17.3. The maximum Gasteiger partial charge on any atom is 0.189 e. The second-order valence-electron chi connectivity index (χ2n) is 6.06. The Labute approximate surface area is 124 Å². The lowest BCUT2D eigenvalue weighted by Gasteiger charge is -2.32. The normalized spacial score (nSPS) is 23.5. The van der Waals surface area contributed by atoms with E-state index < -0.39 is 0 Å². The lowest BCUT2D eigenvalue weighted by molar-refractivity contribution is 0.395. The lowest BCUT2D eigenvalue weighted by atomic mass is 9.76. The van der Waals surface area contributed by atoms with Crippen molar-refractivity contribution in [1.29, 1.82) is 0 Å². The Morgan fingerprint density at radius 1 is 1.05 bits per heavy atom. The Hall–Kier alpha value is -2.29. The molecule has 1 aliphatic heterocycles. The first-order valence-corrected chi connectivity index (χ1v) is 7.51. The topological polar surface area (TPSA) is 50.4 Å². The standard InChI is InChI=1S/C18H19N3/c19-17-20-12-18(21-17)10-9-16-14(11-18)7-4-8-15(16)13-5-2-1-3-6-13/h1-8H,9-12H2,(H3,19,20,21). The van der Waals surface area contributed by atoms with Crippen molar-refractivity contribution in [2.75, 3.05) is 6.54 Å². The summed E-state index contributed by atoms with van der Waals surface area (Å²) in [6.07, 6.45) is 3.12. The van der Waals surface area contributed by atoms with Crippen molar-refractivity contribution < 1.29 is 0 Å². The molecule has 1 heterocycles. The summed E-state index contributed by atoms with van der Waals surface area (Å²) in [5.41, 5.74) is 11.4. The average Bonchev–Trinajstić information content (AvgIpc) is 2.88. The van der Waals surface area contributed by atoms with Crippen LogP contribution in [0.4, 0.5) is 0 Å². The van der Waals surface area contributed by atoms with Crippen LogP contribution >= 0.6 is 0 Å². The van der Waals surface area contributed by atoms with Gasteiger partial charge in [-0.15, -0.1) is 0 Å². The SMILES string of the molecule is NC1=NC2(CCc3c(cccc3-c3ccccc3)C2)CN1. The van der Waals surface area contributed by atoms with Crippen molar-refractivity contribution in [3.05, 3.63) is 59.7 Å². The van der Waals surface area contributed by atoms with Gasteiger partial charge in [0.05, 0.1) is 5.54 Å². The molecule has 1 aliphatic carbocycles. The molecule has 0 fully saturated rings. The van der Waals surface area contributed by atoms with E-state index in [2.05, 4.69) is 58.8 Å². The molecule has 2 aromatic rings. The van der Waals surface area contributed by atoms with Crippen LogP contribution in [0.25, 0.3) is 11.1 Å². The van der Waals surface area contributed by atoms with Gasteiger partial charge in [-0.05, 0) is 41.5 Å². The van der Waals surface area contributed by atoms with Crippen LogP contribution in [0.15, 0.2) is 53.5 Å². The first-order valence-electron chi connectivity index (χ1n) is 7.51. The van der Waals surface area contributed by atoms with E-state index in [-0.39, 0.29) is 5.54 Å². The van der Waals surface area contributed by atoms with E-state index in [1.807, 2.05) is 0 Å². The third-order valence-corrected chi connectivity index (χ3v) is 4.67. The maximum absolute atomic E-state index is 5.82. The highest BCUT2D eigenvalue weighted by Crippen LogP contribution is 2.37. The lowest BCUT2D eigenvalue weighted by Crippen LogP contribution is -2.39. The molecule has 0 aromatic heterocycles. The molecule has 0 bridgehead atoms. The van der Waals surface area contributed by atoms with Gasteiger partial charge in [0.1, 0.15) is 0 Å². The molecular formula is C18H19N3. The number of rotatable bonds is 1. The molecule has 2 aliphatic rings. The Kier molecular flexibility index (Phi) is 2.74. The number of aliphatic imine (C=N–C) groups is 1. The summed E-state index contributed by atoms with van der Waals surface area (Å²) < 4.78 is 0. The van der Waals surface area contributed by atoms with E-state index in [0.29, 0.717) is 5.96 Å². The fourth-order valence-electron chi connectivity index (χ4n) is 3.62. The monoisotopic (exact) mass is 277 g/mol. The molecule has 4 rings (SSSR count). The molecular weight excluding hydrogens is 258 g/mol. The predicted molar refractivity (Wildman–Crippen MR) is 86.3 cm³/mol. The second kappa shape index (κ2) is 4.62. The average molecular weight is 277 g/mol. The fourth-order valence-corrected chi connectivity index (χ4v) is 3.62. The summed E-state index contributed by atoms with van der Waals surface area (Å²) in [5.74, 6) is 0.595. The molecule has 1 spiro atoms. The zero-order chi connectivity index (χ0) is 14.3. The third kappa shape index (κ3) is 2.09. The van der Waals surface area contributed by atoms with Crippen LogP contribution in [0.2, 0.25) is 0 Å². The highest BCUT2D eigenvalue weighted by atomic mass is 15.2. The van der Waals surface area contributed by atoms with Crippen molar-refractivity contribution in [2.24, 2.45) is 10.7 Å². The molecule has 0 saturated heterocycles. The van der Waals surface area contributed by atoms with Crippen LogP contribution in [0.5, 0.6) is 0 Å². The zero-order valence-electron chi connectivity index (χ0n) is 12.0. The van der Waals surface area contributed by atoms with E-state index in [0.717, 1.165) is 25.8 Å². The number of fused-ring (bicyclic) bond motifs is 1.